The summed E-state index contributed by atoms with van der Waals surface area (Å²) in [6, 6.07) is 0. The zero-order valence-corrected chi connectivity index (χ0v) is 11.5. The predicted octanol–water partition coefficient (Wildman–Crippen LogP) is -0.626. The highest BCUT2D eigenvalue weighted by Gasteiger charge is 2.49. The van der Waals surface area contributed by atoms with Gasteiger partial charge in [0.25, 0.3) is 0 Å². The Hall–Kier alpha value is -0.990. The van der Waals surface area contributed by atoms with Crippen LogP contribution >= 0.6 is 0 Å². The van der Waals surface area contributed by atoms with Crippen molar-refractivity contribution in [2.24, 2.45) is 11.8 Å². The highest BCUT2D eigenvalue weighted by atomic mass is 32.2. The summed E-state index contributed by atoms with van der Waals surface area (Å²) in [6.45, 7) is 2.66. The van der Waals surface area contributed by atoms with E-state index in [0.717, 1.165) is 0 Å². The van der Waals surface area contributed by atoms with Crippen LogP contribution in [-0.4, -0.2) is 56.7 Å². The molecule has 2 unspecified atom stereocenters. The minimum absolute atomic E-state index is 0.0314. The molecule has 0 N–H and O–H groups in total. The smallest absolute Gasteiger partial charge is 0.318 e. The number of fused-ring (bicyclic) bond motifs is 1. The molecule has 2 aliphatic heterocycles. The standard InChI is InChI=1S/C11H17NO6S/c1-2-17-5-6-19(15,16)12-4-3-8-9(7-12)11(14)18-10(8)13/h8-9H,2-7H2,1H3. The van der Waals surface area contributed by atoms with Crippen molar-refractivity contribution in [1.82, 2.24) is 4.31 Å². The number of rotatable bonds is 5. The topological polar surface area (TPSA) is 90.0 Å². The van der Waals surface area contributed by atoms with E-state index in [1.165, 1.54) is 4.31 Å². The number of carbonyl (C=O) groups excluding carboxylic acids is 2. The molecule has 19 heavy (non-hydrogen) atoms. The van der Waals surface area contributed by atoms with Crippen molar-refractivity contribution in [2.45, 2.75) is 13.3 Å². The van der Waals surface area contributed by atoms with Crippen LogP contribution in [0.4, 0.5) is 0 Å². The van der Waals surface area contributed by atoms with E-state index in [1.807, 2.05) is 0 Å². The Morgan fingerprint density at radius 2 is 2.00 bits per heavy atom. The summed E-state index contributed by atoms with van der Waals surface area (Å²) in [7, 11) is -3.45. The van der Waals surface area contributed by atoms with Crippen LogP contribution < -0.4 is 0 Å². The van der Waals surface area contributed by atoms with Crippen LogP contribution in [0.1, 0.15) is 13.3 Å². The molecule has 0 bridgehead atoms. The number of hydrogen-bond donors (Lipinski definition) is 0. The van der Waals surface area contributed by atoms with Crippen LogP contribution in [-0.2, 0) is 29.1 Å². The fourth-order valence-corrected chi connectivity index (χ4v) is 3.74. The highest BCUT2D eigenvalue weighted by molar-refractivity contribution is 7.89. The van der Waals surface area contributed by atoms with Gasteiger partial charge in [-0.1, -0.05) is 0 Å². The van der Waals surface area contributed by atoms with Gasteiger partial charge in [-0.05, 0) is 13.3 Å². The van der Waals surface area contributed by atoms with Crippen molar-refractivity contribution < 1.29 is 27.5 Å². The van der Waals surface area contributed by atoms with Gasteiger partial charge in [0.2, 0.25) is 10.0 Å². The SMILES string of the molecule is CCOCCS(=O)(=O)N1CCC2C(=O)OC(=O)C2C1. The normalized spacial score (nSPS) is 28.3. The predicted molar refractivity (Wildman–Crippen MR) is 64.5 cm³/mol. The lowest BCUT2D eigenvalue weighted by molar-refractivity contribution is -0.153. The lowest BCUT2D eigenvalue weighted by Gasteiger charge is -2.30. The first-order valence-corrected chi connectivity index (χ1v) is 7.87. The summed E-state index contributed by atoms with van der Waals surface area (Å²) in [5.74, 6) is -2.38. The summed E-state index contributed by atoms with van der Waals surface area (Å²) < 4.78 is 34.9. The number of hydrogen-bond acceptors (Lipinski definition) is 6. The van der Waals surface area contributed by atoms with Gasteiger partial charge in [0.1, 0.15) is 0 Å². The number of sulfonamides is 1. The molecule has 0 spiro atoms. The Kier molecular flexibility index (Phi) is 4.22. The third-order valence-corrected chi connectivity index (χ3v) is 5.27. The second-order valence-electron chi connectivity index (χ2n) is 4.61. The molecule has 0 aliphatic carbocycles. The van der Waals surface area contributed by atoms with Crippen LogP contribution in [0.3, 0.4) is 0 Å². The molecule has 2 saturated heterocycles. The van der Waals surface area contributed by atoms with Gasteiger partial charge in [-0.3, -0.25) is 9.59 Å². The van der Waals surface area contributed by atoms with Crippen molar-refractivity contribution in [3.8, 4) is 0 Å². The fourth-order valence-electron chi connectivity index (χ4n) is 2.38. The largest absolute Gasteiger partial charge is 0.393 e. The van der Waals surface area contributed by atoms with Crippen molar-refractivity contribution >= 4 is 22.0 Å². The molecule has 0 aromatic rings. The van der Waals surface area contributed by atoms with Crippen molar-refractivity contribution in [1.29, 1.82) is 0 Å². The quantitative estimate of drug-likeness (QED) is 0.381. The van der Waals surface area contributed by atoms with Gasteiger partial charge in [0.15, 0.2) is 0 Å². The molecule has 0 amide bonds. The van der Waals surface area contributed by atoms with E-state index in [-0.39, 0.29) is 25.4 Å². The third-order valence-electron chi connectivity index (χ3n) is 3.47. The van der Waals surface area contributed by atoms with Gasteiger partial charge in [-0.25, -0.2) is 12.7 Å². The van der Waals surface area contributed by atoms with Gasteiger partial charge >= 0.3 is 11.9 Å². The minimum Gasteiger partial charge on any atom is -0.393 e. The Bertz CT molecular complexity index is 474. The van der Waals surface area contributed by atoms with Gasteiger partial charge in [-0.15, -0.1) is 0 Å². The van der Waals surface area contributed by atoms with E-state index < -0.39 is 33.8 Å². The van der Waals surface area contributed by atoms with Crippen LogP contribution in [0.25, 0.3) is 0 Å². The Balaban J connectivity index is 2.00. The monoisotopic (exact) mass is 291 g/mol. The maximum absolute atomic E-state index is 12.0. The second kappa shape index (κ2) is 5.56. The van der Waals surface area contributed by atoms with Crippen LogP contribution in [0.2, 0.25) is 0 Å². The van der Waals surface area contributed by atoms with Gasteiger partial charge in [0.05, 0.1) is 24.2 Å². The molecule has 7 nitrogen and oxygen atoms in total. The van der Waals surface area contributed by atoms with Gasteiger partial charge < -0.3 is 9.47 Å². The average Bonchev–Trinajstić information content (AvgIpc) is 2.65. The van der Waals surface area contributed by atoms with E-state index in [9.17, 15) is 18.0 Å². The molecule has 108 valence electrons. The molecular formula is C11H17NO6S. The Morgan fingerprint density at radius 1 is 1.32 bits per heavy atom. The number of esters is 2. The fraction of sp³-hybridized carbons (Fsp3) is 0.818. The third kappa shape index (κ3) is 2.96. The van der Waals surface area contributed by atoms with Crippen LogP contribution in [0.15, 0.2) is 0 Å². The van der Waals surface area contributed by atoms with Gasteiger partial charge in [-0.2, -0.15) is 0 Å². The van der Waals surface area contributed by atoms with E-state index in [1.54, 1.807) is 6.92 Å². The van der Waals surface area contributed by atoms with E-state index in [0.29, 0.717) is 13.0 Å². The van der Waals surface area contributed by atoms with Crippen LogP contribution in [0, 0.1) is 11.8 Å². The molecule has 2 heterocycles. The highest BCUT2D eigenvalue weighted by Crippen LogP contribution is 2.32. The lowest BCUT2D eigenvalue weighted by atomic mass is 9.89. The summed E-state index contributed by atoms with van der Waals surface area (Å²) in [5, 5.41) is 0. The number of nitrogens with zero attached hydrogens (tertiary/aromatic N) is 1. The summed E-state index contributed by atoms with van der Waals surface area (Å²) in [6.07, 6.45) is 0.336. The summed E-state index contributed by atoms with van der Waals surface area (Å²) in [5.41, 5.74) is 0. The number of ether oxygens (including phenoxy) is 2. The minimum atomic E-state index is -3.45. The molecule has 2 rings (SSSR count). The molecule has 8 heteroatoms. The summed E-state index contributed by atoms with van der Waals surface area (Å²) >= 11 is 0. The van der Waals surface area contributed by atoms with E-state index in [4.69, 9.17) is 4.74 Å². The lowest BCUT2D eigenvalue weighted by Crippen LogP contribution is -2.46. The number of carbonyl (C=O) groups is 2. The molecule has 2 aliphatic rings. The summed E-state index contributed by atoms with van der Waals surface area (Å²) in [4.78, 5) is 22.8. The number of cyclic esters (lactones) is 2. The molecule has 2 atom stereocenters. The first-order valence-electron chi connectivity index (χ1n) is 6.27. The Morgan fingerprint density at radius 3 is 2.68 bits per heavy atom. The maximum atomic E-state index is 12.0. The van der Waals surface area contributed by atoms with Crippen molar-refractivity contribution in [3.63, 3.8) is 0 Å². The molecule has 0 aromatic heterocycles. The average molecular weight is 291 g/mol. The first kappa shape index (κ1) is 14.4. The molecule has 2 fully saturated rings. The van der Waals surface area contributed by atoms with E-state index >= 15 is 0 Å². The zero-order valence-electron chi connectivity index (χ0n) is 10.7. The maximum Gasteiger partial charge on any atom is 0.318 e. The van der Waals surface area contributed by atoms with Crippen molar-refractivity contribution in [3.05, 3.63) is 0 Å². The molecule has 0 aromatic carbocycles. The first-order chi connectivity index (χ1) is 8.95. The Labute approximate surface area is 111 Å². The molecular weight excluding hydrogens is 274 g/mol. The van der Waals surface area contributed by atoms with Crippen molar-refractivity contribution in [2.75, 3.05) is 32.1 Å². The zero-order chi connectivity index (χ0) is 14.0. The molecule has 0 radical (unpaired) electrons. The molecule has 0 saturated carbocycles. The van der Waals surface area contributed by atoms with Crippen LogP contribution in [0.5, 0.6) is 0 Å². The van der Waals surface area contributed by atoms with Gasteiger partial charge in [0, 0.05) is 19.7 Å². The number of piperidine rings is 1. The second-order valence-corrected chi connectivity index (χ2v) is 6.70. The van der Waals surface area contributed by atoms with E-state index in [2.05, 4.69) is 4.74 Å².